The largest absolute Gasteiger partial charge is 0.345 e. The van der Waals surface area contributed by atoms with E-state index in [1.165, 1.54) is 9.75 Å². The summed E-state index contributed by atoms with van der Waals surface area (Å²) in [6, 6.07) is 10.3. The van der Waals surface area contributed by atoms with Crippen LogP contribution in [0.3, 0.4) is 0 Å². The predicted molar refractivity (Wildman–Crippen MR) is 115 cm³/mol. The van der Waals surface area contributed by atoms with Crippen molar-refractivity contribution in [3.05, 3.63) is 45.1 Å². The van der Waals surface area contributed by atoms with Crippen LogP contribution in [-0.2, 0) is 17.8 Å². The second kappa shape index (κ2) is 8.27. The number of carbonyl (C=O) groups is 1. The summed E-state index contributed by atoms with van der Waals surface area (Å²) in [5.41, 5.74) is 1.03. The van der Waals surface area contributed by atoms with E-state index in [0.29, 0.717) is 0 Å². The maximum absolute atomic E-state index is 10.8. The lowest BCUT2D eigenvalue weighted by Crippen LogP contribution is -2.45. The third-order valence-corrected chi connectivity index (χ3v) is 7.24. The molecule has 1 atom stereocenters. The number of aromatic nitrogens is 1. The molecule has 4 rings (SSSR count). The molecule has 7 heteroatoms. The molecule has 0 saturated carbocycles. The zero-order valence-electron chi connectivity index (χ0n) is 15.2. The highest BCUT2D eigenvalue weighted by atomic mass is 35.5. The van der Waals surface area contributed by atoms with Crippen LogP contribution in [0.25, 0.3) is 10.2 Å². The van der Waals surface area contributed by atoms with Crippen LogP contribution in [0.4, 0.5) is 5.13 Å². The molecule has 0 bridgehead atoms. The summed E-state index contributed by atoms with van der Waals surface area (Å²) in [4.78, 5) is 23.2. The van der Waals surface area contributed by atoms with Crippen LogP contribution >= 0.6 is 34.3 Å². The lowest BCUT2D eigenvalue weighted by molar-refractivity contribution is -0.110. The third-order valence-electron chi connectivity index (χ3n) is 4.83. The molecule has 3 heterocycles. The van der Waals surface area contributed by atoms with Crippen molar-refractivity contribution in [1.29, 1.82) is 0 Å². The lowest BCUT2D eigenvalue weighted by atomic mass is 10.1. The van der Waals surface area contributed by atoms with Gasteiger partial charge in [-0.05, 0) is 36.8 Å². The van der Waals surface area contributed by atoms with Gasteiger partial charge in [0, 0.05) is 53.4 Å². The summed E-state index contributed by atoms with van der Waals surface area (Å²) in [6.45, 7) is 7.02. The average Bonchev–Trinajstić information content (AvgIpc) is 3.28. The number of carbonyl (C=O) groups excluding carboxylic acids is 1. The van der Waals surface area contributed by atoms with Crippen LogP contribution in [0.5, 0.6) is 0 Å². The average molecular weight is 420 g/mol. The Morgan fingerprint density at radius 1 is 1.15 bits per heavy atom. The van der Waals surface area contributed by atoms with Crippen molar-refractivity contribution in [3.8, 4) is 0 Å². The highest BCUT2D eigenvalue weighted by Gasteiger charge is 2.20. The summed E-state index contributed by atoms with van der Waals surface area (Å²) >= 11 is 9.64. The molecule has 27 heavy (non-hydrogen) atoms. The fourth-order valence-corrected chi connectivity index (χ4v) is 5.82. The summed E-state index contributed by atoms with van der Waals surface area (Å²) in [6.07, 6.45) is 1.89. The van der Waals surface area contributed by atoms with Crippen molar-refractivity contribution in [2.45, 2.75) is 19.9 Å². The van der Waals surface area contributed by atoms with E-state index in [1.807, 2.05) is 36.5 Å². The number of thiophene rings is 1. The molecular formula is C20H22ClN3OS2. The van der Waals surface area contributed by atoms with Gasteiger partial charge in [0.05, 0.1) is 10.2 Å². The Bertz CT molecular complexity index is 930. The summed E-state index contributed by atoms with van der Waals surface area (Å²) in [7, 11) is 0. The minimum atomic E-state index is 0.101. The number of fused-ring (bicyclic) bond motifs is 1. The number of nitrogens with zero attached hydrogens (tertiary/aromatic N) is 3. The number of hydrogen-bond acceptors (Lipinski definition) is 6. The maximum Gasteiger partial charge on any atom is 0.186 e. The van der Waals surface area contributed by atoms with Gasteiger partial charge in [-0.15, -0.1) is 11.3 Å². The van der Waals surface area contributed by atoms with E-state index in [-0.39, 0.29) is 5.92 Å². The molecule has 0 N–H and O–H groups in total. The van der Waals surface area contributed by atoms with Gasteiger partial charge in [0.2, 0.25) is 0 Å². The molecule has 3 aromatic rings. The molecule has 0 amide bonds. The molecule has 2 aromatic heterocycles. The van der Waals surface area contributed by atoms with Gasteiger partial charge >= 0.3 is 0 Å². The zero-order chi connectivity index (χ0) is 18.8. The fraction of sp³-hybridized carbons (Fsp3) is 0.400. The third kappa shape index (κ3) is 4.51. The number of halogens is 1. The Balaban J connectivity index is 1.34. The first-order valence-electron chi connectivity index (χ1n) is 9.17. The van der Waals surface area contributed by atoms with E-state index in [9.17, 15) is 4.79 Å². The van der Waals surface area contributed by atoms with Gasteiger partial charge in [-0.3, -0.25) is 4.90 Å². The highest BCUT2D eigenvalue weighted by molar-refractivity contribution is 7.22. The second-order valence-corrected chi connectivity index (χ2v) is 9.76. The predicted octanol–water partition coefficient (Wildman–Crippen LogP) is 4.71. The van der Waals surface area contributed by atoms with Crippen molar-refractivity contribution in [3.63, 3.8) is 0 Å². The molecule has 1 aliphatic heterocycles. The first-order valence-corrected chi connectivity index (χ1v) is 11.2. The van der Waals surface area contributed by atoms with E-state index >= 15 is 0 Å². The van der Waals surface area contributed by atoms with Gasteiger partial charge in [0.25, 0.3) is 0 Å². The van der Waals surface area contributed by atoms with Crippen molar-refractivity contribution in [1.82, 2.24) is 9.88 Å². The number of benzene rings is 1. The Morgan fingerprint density at radius 3 is 2.70 bits per heavy atom. The van der Waals surface area contributed by atoms with Crippen LogP contribution in [0.15, 0.2) is 30.3 Å². The van der Waals surface area contributed by atoms with Gasteiger partial charge in [-0.1, -0.05) is 29.9 Å². The summed E-state index contributed by atoms with van der Waals surface area (Å²) in [5.74, 6) is 0.101. The molecular weight excluding hydrogens is 398 g/mol. The smallest absolute Gasteiger partial charge is 0.186 e. The molecule has 1 saturated heterocycles. The number of anilines is 1. The summed E-state index contributed by atoms with van der Waals surface area (Å²) in [5, 5.41) is 1.86. The standard InChI is InChI=1S/C20H22ClN3OS2/c1-14(13-25)10-16-3-4-17(26-16)12-23-6-8-24(9-7-23)20-22-18-5-2-15(21)11-19(18)27-20/h2-5,11,13-14H,6-10,12H2,1H3. The van der Waals surface area contributed by atoms with E-state index in [0.717, 1.165) is 65.8 Å². The molecule has 1 aromatic carbocycles. The van der Waals surface area contributed by atoms with Gasteiger partial charge < -0.3 is 9.69 Å². The Morgan fingerprint density at radius 2 is 1.93 bits per heavy atom. The minimum Gasteiger partial charge on any atom is -0.345 e. The molecule has 1 aliphatic rings. The second-order valence-electron chi connectivity index (χ2n) is 7.06. The quantitative estimate of drug-likeness (QED) is 0.542. The van der Waals surface area contributed by atoms with Gasteiger partial charge in [0.15, 0.2) is 5.13 Å². The van der Waals surface area contributed by atoms with Crippen LogP contribution < -0.4 is 4.90 Å². The monoisotopic (exact) mass is 419 g/mol. The molecule has 0 aliphatic carbocycles. The van der Waals surface area contributed by atoms with Crippen molar-refractivity contribution in [2.75, 3.05) is 31.1 Å². The van der Waals surface area contributed by atoms with Crippen LogP contribution in [0.2, 0.25) is 5.02 Å². The van der Waals surface area contributed by atoms with Crippen molar-refractivity contribution in [2.24, 2.45) is 5.92 Å². The SMILES string of the molecule is CC(C=O)Cc1ccc(CN2CCN(c3nc4ccc(Cl)cc4s3)CC2)s1. The number of hydrogen-bond donors (Lipinski definition) is 0. The minimum absolute atomic E-state index is 0.101. The first kappa shape index (κ1) is 18.9. The van der Waals surface area contributed by atoms with E-state index in [1.54, 1.807) is 11.3 Å². The van der Waals surface area contributed by atoms with Crippen molar-refractivity contribution >= 4 is 55.9 Å². The number of aldehydes is 1. The van der Waals surface area contributed by atoms with Gasteiger partial charge in [-0.25, -0.2) is 4.98 Å². The van der Waals surface area contributed by atoms with Gasteiger partial charge in [0.1, 0.15) is 6.29 Å². The first-order chi connectivity index (χ1) is 13.1. The lowest BCUT2D eigenvalue weighted by Gasteiger charge is -2.34. The molecule has 1 unspecified atom stereocenters. The topological polar surface area (TPSA) is 36.4 Å². The number of rotatable bonds is 6. The van der Waals surface area contributed by atoms with E-state index in [4.69, 9.17) is 16.6 Å². The zero-order valence-corrected chi connectivity index (χ0v) is 17.6. The number of piperazine rings is 1. The normalized spacial score (nSPS) is 16.7. The van der Waals surface area contributed by atoms with Crippen molar-refractivity contribution < 1.29 is 4.79 Å². The van der Waals surface area contributed by atoms with Crippen LogP contribution in [-0.4, -0.2) is 42.3 Å². The molecule has 0 radical (unpaired) electrons. The Kier molecular flexibility index (Phi) is 5.78. The molecule has 4 nitrogen and oxygen atoms in total. The number of thiazole rings is 1. The van der Waals surface area contributed by atoms with E-state index < -0.39 is 0 Å². The van der Waals surface area contributed by atoms with Gasteiger partial charge in [-0.2, -0.15) is 0 Å². The van der Waals surface area contributed by atoms with Crippen LogP contribution in [0.1, 0.15) is 16.7 Å². The Labute approximate surface area is 172 Å². The highest BCUT2D eigenvalue weighted by Crippen LogP contribution is 2.31. The van der Waals surface area contributed by atoms with E-state index in [2.05, 4.69) is 21.9 Å². The maximum atomic E-state index is 10.8. The summed E-state index contributed by atoms with van der Waals surface area (Å²) < 4.78 is 1.15. The molecule has 1 fully saturated rings. The van der Waals surface area contributed by atoms with Crippen LogP contribution in [0, 0.1) is 5.92 Å². The fourth-order valence-electron chi connectivity index (χ4n) is 3.32. The molecule has 142 valence electrons. The molecule has 0 spiro atoms. The Hall–Kier alpha value is -1.47.